The number of aliphatic hydroxyl groups is 5. The summed E-state index contributed by atoms with van der Waals surface area (Å²) in [6.45, 7) is 7.63. The molecule has 0 unspecified atom stereocenters. The fourth-order valence-corrected chi connectivity index (χ4v) is 4.53. The van der Waals surface area contributed by atoms with Gasteiger partial charge in [-0.2, -0.15) is 0 Å². The Bertz CT molecular complexity index is 733. The maximum absolute atomic E-state index is 10.7. The summed E-state index contributed by atoms with van der Waals surface area (Å²) in [7, 11) is 0. The summed E-state index contributed by atoms with van der Waals surface area (Å²) in [4.78, 5) is 0. The first-order valence-corrected chi connectivity index (χ1v) is 9.80. The molecule has 0 bridgehead atoms. The first kappa shape index (κ1) is 21.4. The van der Waals surface area contributed by atoms with Gasteiger partial charge < -0.3 is 30.3 Å². The smallest absolute Gasteiger partial charge is 0.156 e. The van der Waals surface area contributed by atoms with Gasteiger partial charge in [-0.3, -0.25) is 0 Å². The van der Waals surface area contributed by atoms with Gasteiger partial charge in [-0.25, -0.2) is 0 Å². The van der Waals surface area contributed by atoms with Crippen molar-refractivity contribution in [3.8, 4) is 0 Å². The van der Waals surface area contributed by atoms with Gasteiger partial charge >= 0.3 is 0 Å². The van der Waals surface area contributed by atoms with Crippen molar-refractivity contribution in [3.05, 3.63) is 47.1 Å². The summed E-state index contributed by atoms with van der Waals surface area (Å²) in [5.41, 5.74) is 0.740. The van der Waals surface area contributed by atoms with E-state index in [0.29, 0.717) is 12.0 Å². The summed E-state index contributed by atoms with van der Waals surface area (Å²) in [6.07, 6.45) is 5.21. The molecule has 6 heteroatoms. The molecule has 0 saturated carbocycles. The van der Waals surface area contributed by atoms with Crippen LogP contribution >= 0.6 is 0 Å². The Morgan fingerprint density at radius 3 is 2.64 bits per heavy atom. The molecule has 3 rings (SSSR count). The van der Waals surface area contributed by atoms with Crippen LogP contribution in [0.15, 0.2) is 47.1 Å². The van der Waals surface area contributed by atoms with Crippen LogP contribution in [0.25, 0.3) is 0 Å². The van der Waals surface area contributed by atoms with Gasteiger partial charge in [0.1, 0.15) is 24.4 Å². The van der Waals surface area contributed by atoms with Crippen LogP contribution in [0.5, 0.6) is 0 Å². The summed E-state index contributed by atoms with van der Waals surface area (Å²) in [5, 5.41) is 50.8. The highest BCUT2D eigenvalue weighted by Crippen LogP contribution is 2.50. The number of epoxide rings is 1. The SMILES string of the molecule is CC1=CC[C@@H](O)C(C)(C)[C@H]1/C=C/C(C)=C/[C@H](O)[C@]12O[C@H]1[C@H](O)C(CO)=C[C@@H]2O. The fourth-order valence-electron chi connectivity index (χ4n) is 4.53. The third-order valence-electron chi connectivity index (χ3n) is 6.65. The Hall–Kier alpha value is -1.28. The van der Waals surface area contributed by atoms with Crippen molar-refractivity contribution in [1.82, 2.24) is 0 Å². The van der Waals surface area contributed by atoms with Crippen LogP contribution in [-0.2, 0) is 4.74 Å². The number of aliphatic hydroxyl groups excluding tert-OH is 5. The van der Waals surface area contributed by atoms with Crippen molar-refractivity contribution in [2.75, 3.05) is 6.61 Å². The van der Waals surface area contributed by atoms with E-state index in [1.807, 2.05) is 32.9 Å². The van der Waals surface area contributed by atoms with Crippen LogP contribution in [0.2, 0.25) is 0 Å². The number of rotatable bonds is 5. The van der Waals surface area contributed by atoms with E-state index in [4.69, 9.17) is 4.74 Å². The van der Waals surface area contributed by atoms with E-state index >= 15 is 0 Å². The monoisotopic (exact) mass is 392 g/mol. The van der Waals surface area contributed by atoms with E-state index in [0.717, 1.165) is 5.57 Å². The molecule has 1 aliphatic heterocycles. The minimum absolute atomic E-state index is 0.0805. The minimum Gasteiger partial charge on any atom is -0.392 e. The van der Waals surface area contributed by atoms with Crippen LogP contribution in [0.3, 0.4) is 0 Å². The Balaban J connectivity index is 1.76. The first-order chi connectivity index (χ1) is 13.1. The fraction of sp³-hybridized carbons (Fsp3) is 0.636. The number of ether oxygens (including phenoxy) is 1. The Morgan fingerprint density at radius 1 is 1.32 bits per heavy atom. The number of fused-ring (bicyclic) bond motifs is 1. The third kappa shape index (κ3) is 3.43. The average Bonchev–Trinajstić information content (AvgIpc) is 3.39. The Labute approximate surface area is 166 Å². The van der Waals surface area contributed by atoms with Gasteiger partial charge in [0.05, 0.1) is 12.7 Å². The molecule has 1 heterocycles. The molecule has 6 nitrogen and oxygen atoms in total. The molecule has 5 N–H and O–H groups in total. The maximum atomic E-state index is 10.7. The zero-order valence-corrected chi connectivity index (χ0v) is 16.9. The molecule has 28 heavy (non-hydrogen) atoms. The lowest BCUT2D eigenvalue weighted by atomic mass is 9.67. The Kier molecular flexibility index (Phi) is 5.75. The highest BCUT2D eigenvalue weighted by Gasteiger charge is 2.69. The van der Waals surface area contributed by atoms with Crippen LogP contribution in [0.1, 0.15) is 34.1 Å². The molecule has 2 aliphatic carbocycles. The van der Waals surface area contributed by atoms with Gasteiger partial charge in [0.2, 0.25) is 0 Å². The van der Waals surface area contributed by atoms with E-state index in [-0.39, 0.29) is 17.9 Å². The molecule has 0 radical (unpaired) electrons. The normalized spacial score (nSPS) is 41.3. The summed E-state index contributed by atoms with van der Waals surface area (Å²) in [5.74, 6) is 0.0805. The Morgan fingerprint density at radius 2 is 2.00 bits per heavy atom. The summed E-state index contributed by atoms with van der Waals surface area (Å²) in [6, 6.07) is 0. The van der Waals surface area contributed by atoms with Crippen molar-refractivity contribution >= 4 is 0 Å². The molecular weight excluding hydrogens is 360 g/mol. The van der Waals surface area contributed by atoms with Crippen LogP contribution in [0.4, 0.5) is 0 Å². The second kappa shape index (κ2) is 7.52. The lowest BCUT2D eigenvalue weighted by Crippen LogP contribution is -2.48. The van der Waals surface area contributed by atoms with Crippen molar-refractivity contribution in [3.63, 3.8) is 0 Å². The van der Waals surface area contributed by atoms with Gasteiger partial charge in [-0.15, -0.1) is 0 Å². The summed E-state index contributed by atoms with van der Waals surface area (Å²) >= 11 is 0. The molecule has 3 aliphatic rings. The minimum atomic E-state index is -1.27. The van der Waals surface area contributed by atoms with Gasteiger partial charge in [-0.1, -0.05) is 49.3 Å². The van der Waals surface area contributed by atoms with E-state index in [1.165, 1.54) is 11.6 Å². The van der Waals surface area contributed by atoms with Gasteiger partial charge in [-0.05, 0) is 31.9 Å². The molecule has 0 aromatic carbocycles. The second-order valence-electron chi connectivity index (χ2n) is 8.89. The zero-order chi connectivity index (χ0) is 20.9. The topological polar surface area (TPSA) is 114 Å². The average molecular weight is 392 g/mol. The van der Waals surface area contributed by atoms with Crippen molar-refractivity contribution < 1.29 is 30.3 Å². The zero-order valence-electron chi connectivity index (χ0n) is 16.9. The number of hydrogen-bond acceptors (Lipinski definition) is 6. The van der Waals surface area contributed by atoms with Crippen LogP contribution in [-0.4, -0.2) is 68.3 Å². The van der Waals surface area contributed by atoms with E-state index in [9.17, 15) is 25.5 Å². The molecule has 1 fully saturated rings. The molecule has 7 atom stereocenters. The molecule has 0 aromatic rings. The maximum Gasteiger partial charge on any atom is 0.156 e. The molecule has 0 aromatic heterocycles. The molecule has 0 amide bonds. The molecule has 156 valence electrons. The van der Waals surface area contributed by atoms with Crippen LogP contribution < -0.4 is 0 Å². The molecular formula is C22H32O6. The lowest BCUT2D eigenvalue weighted by molar-refractivity contribution is 0.0243. The van der Waals surface area contributed by atoms with E-state index < -0.39 is 36.1 Å². The van der Waals surface area contributed by atoms with Gasteiger partial charge in [0.15, 0.2) is 5.60 Å². The second-order valence-corrected chi connectivity index (χ2v) is 8.89. The van der Waals surface area contributed by atoms with Crippen molar-refractivity contribution in [2.24, 2.45) is 11.3 Å². The largest absolute Gasteiger partial charge is 0.392 e. The standard InChI is InChI=1S/C22H32O6/c1-12(5-7-15-13(2)6-8-16(24)21(15,3)4)9-17(25)22-18(26)10-14(11-23)19(27)20(22)28-22/h5-7,9-10,15-20,23-27H,8,11H2,1-4H3/b7-5+,12-9+/t15-,16+,17-,18-,19+,20-,22+/m0/s1. The quantitative estimate of drug-likeness (QED) is 0.271. The number of hydrogen-bond donors (Lipinski definition) is 5. The highest BCUT2D eigenvalue weighted by atomic mass is 16.6. The van der Waals surface area contributed by atoms with Crippen LogP contribution in [0, 0.1) is 11.3 Å². The highest BCUT2D eigenvalue weighted by molar-refractivity contribution is 5.36. The number of allylic oxidation sites excluding steroid dienone is 4. The molecule has 0 spiro atoms. The van der Waals surface area contributed by atoms with Crippen molar-refractivity contribution in [1.29, 1.82) is 0 Å². The summed E-state index contributed by atoms with van der Waals surface area (Å²) < 4.78 is 5.52. The van der Waals surface area contributed by atoms with E-state index in [2.05, 4.69) is 13.0 Å². The lowest BCUT2D eigenvalue weighted by Gasteiger charge is -2.40. The van der Waals surface area contributed by atoms with Gasteiger partial charge in [0, 0.05) is 11.3 Å². The third-order valence-corrected chi connectivity index (χ3v) is 6.65. The van der Waals surface area contributed by atoms with Gasteiger partial charge in [0.25, 0.3) is 0 Å². The first-order valence-electron chi connectivity index (χ1n) is 9.80. The van der Waals surface area contributed by atoms with E-state index in [1.54, 1.807) is 6.08 Å². The predicted octanol–water partition coefficient (Wildman–Crippen LogP) is 0.995. The molecule has 1 saturated heterocycles. The predicted molar refractivity (Wildman–Crippen MR) is 105 cm³/mol. The van der Waals surface area contributed by atoms with Crippen molar-refractivity contribution in [2.45, 2.75) is 70.2 Å².